The standard InChI is InChI=1S/C14H9ClN2O2/c15-10-3-1-2-8(6-10)13-11-5-4-9(14(18)19)7-12(11)16-17-13/h1-7H,(H,16,17)(H,18,19). The van der Waals surface area contributed by atoms with Crippen molar-refractivity contribution in [2.24, 2.45) is 0 Å². The molecular weight excluding hydrogens is 264 g/mol. The number of rotatable bonds is 2. The fraction of sp³-hybridized carbons (Fsp3) is 0. The van der Waals surface area contributed by atoms with Gasteiger partial charge in [-0.1, -0.05) is 23.7 Å². The van der Waals surface area contributed by atoms with Crippen molar-refractivity contribution in [3.63, 3.8) is 0 Å². The Morgan fingerprint density at radius 2 is 2.05 bits per heavy atom. The maximum absolute atomic E-state index is 10.9. The van der Waals surface area contributed by atoms with Gasteiger partial charge in [0.15, 0.2) is 0 Å². The average molecular weight is 273 g/mol. The largest absolute Gasteiger partial charge is 0.478 e. The smallest absolute Gasteiger partial charge is 0.335 e. The van der Waals surface area contributed by atoms with E-state index in [9.17, 15) is 4.79 Å². The average Bonchev–Trinajstić information content (AvgIpc) is 2.81. The summed E-state index contributed by atoms with van der Waals surface area (Å²) in [6.45, 7) is 0. The number of halogens is 1. The third-order valence-corrected chi connectivity index (χ3v) is 3.14. The first-order valence-corrected chi connectivity index (χ1v) is 6.00. The highest BCUT2D eigenvalue weighted by atomic mass is 35.5. The minimum absolute atomic E-state index is 0.230. The predicted octanol–water partition coefficient (Wildman–Crippen LogP) is 3.58. The van der Waals surface area contributed by atoms with Crippen LogP contribution in [0, 0.1) is 0 Å². The van der Waals surface area contributed by atoms with Crippen LogP contribution < -0.4 is 0 Å². The van der Waals surface area contributed by atoms with Crippen molar-refractivity contribution in [2.45, 2.75) is 0 Å². The number of aromatic nitrogens is 2. The van der Waals surface area contributed by atoms with Crippen LogP contribution in [0.3, 0.4) is 0 Å². The summed E-state index contributed by atoms with van der Waals surface area (Å²) in [6.07, 6.45) is 0. The van der Waals surface area contributed by atoms with E-state index in [-0.39, 0.29) is 5.56 Å². The molecule has 0 bridgehead atoms. The third kappa shape index (κ3) is 2.06. The zero-order chi connectivity index (χ0) is 13.4. The summed E-state index contributed by atoms with van der Waals surface area (Å²) >= 11 is 5.96. The Morgan fingerprint density at radius 3 is 2.79 bits per heavy atom. The van der Waals surface area contributed by atoms with Gasteiger partial charge in [0.2, 0.25) is 0 Å². The molecule has 2 aromatic carbocycles. The fourth-order valence-electron chi connectivity index (χ4n) is 2.01. The minimum atomic E-state index is -0.958. The highest BCUT2D eigenvalue weighted by Gasteiger charge is 2.11. The Bertz CT molecular complexity index is 780. The Hall–Kier alpha value is -2.33. The molecule has 94 valence electrons. The van der Waals surface area contributed by atoms with Crippen molar-refractivity contribution in [3.8, 4) is 11.3 Å². The fourth-order valence-corrected chi connectivity index (χ4v) is 2.20. The maximum Gasteiger partial charge on any atom is 0.335 e. The molecule has 4 nitrogen and oxygen atoms in total. The second-order valence-corrected chi connectivity index (χ2v) is 4.58. The predicted molar refractivity (Wildman–Crippen MR) is 73.5 cm³/mol. The molecule has 0 saturated carbocycles. The first-order valence-electron chi connectivity index (χ1n) is 5.62. The minimum Gasteiger partial charge on any atom is -0.478 e. The van der Waals surface area contributed by atoms with Crippen molar-refractivity contribution in [2.75, 3.05) is 0 Å². The molecule has 1 aromatic heterocycles. The van der Waals surface area contributed by atoms with Crippen LogP contribution in [0.5, 0.6) is 0 Å². The van der Waals surface area contributed by atoms with E-state index in [0.29, 0.717) is 10.5 Å². The third-order valence-electron chi connectivity index (χ3n) is 2.91. The molecular formula is C14H9ClN2O2. The van der Waals surface area contributed by atoms with Crippen molar-refractivity contribution in [1.82, 2.24) is 10.2 Å². The van der Waals surface area contributed by atoms with Crippen molar-refractivity contribution in [1.29, 1.82) is 0 Å². The number of nitrogens with one attached hydrogen (secondary N) is 1. The molecule has 0 aliphatic carbocycles. The van der Waals surface area contributed by atoms with Gasteiger partial charge in [0.25, 0.3) is 0 Å². The van der Waals surface area contributed by atoms with Gasteiger partial charge in [-0.05, 0) is 30.3 Å². The number of aromatic carboxylic acids is 1. The van der Waals surface area contributed by atoms with E-state index in [0.717, 1.165) is 16.6 Å². The van der Waals surface area contributed by atoms with Crippen molar-refractivity contribution in [3.05, 3.63) is 53.1 Å². The van der Waals surface area contributed by atoms with Gasteiger partial charge in [0.05, 0.1) is 16.8 Å². The lowest BCUT2D eigenvalue weighted by molar-refractivity contribution is 0.0697. The lowest BCUT2D eigenvalue weighted by atomic mass is 10.1. The first-order chi connectivity index (χ1) is 9.15. The number of fused-ring (bicyclic) bond motifs is 1. The van der Waals surface area contributed by atoms with E-state index >= 15 is 0 Å². The molecule has 0 saturated heterocycles. The number of carbonyl (C=O) groups is 1. The highest BCUT2D eigenvalue weighted by molar-refractivity contribution is 6.30. The topological polar surface area (TPSA) is 66.0 Å². The van der Waals surface area contributed by atoms with Crippen LogP contribution in [0.15, 0.2) is 42.5 Å². The molecule has 1 heterocycles. The summed E-state index contributed by atoms with van der Waals surface area (Å²) in [5.41, 5.74) is 2.57. The van der Waals surface area contributed by atoms with Gasteiger partial charge in [-0.3, -0.25) is 5.10 Å². The molecule has 0 aliphatic heterocycles. The van der Waals surface area contributed by atoms with Gasteiger partial charge >= 0.3 is 5.97 Å². The van der Waals surface area contributed by atoms with E-state index in [1.54, 1.807) is 24.3 Å². The molecule has 0 unspecified atom stereocenters. The quantitative estimate of drug-likeness (QED) is 0.749. The molecule has 19 heavy (non-hydrogen) atoms. The summed E-state index contributed by atoms with van der Waals surface area (Å²) in [5.74, 6) is -0.958. The van der Waals surface area contributed by atoms with Crippen LogP contribution in [-0.2, 0) is 0 Å². The summed E-state index contributed by atoms with van der Waals surface area (Å²) in [4.78, 5) is 10.9. The molecule has 0 atom stereocenters. The number of hydrogen-bond donors (Lipinski definition) is 2. The van der Waals surface area contributed by atoms with Crippen molar-refractivity contribution >= 4 is 28.5 Å². The Labute approximate surface area is 113 Å². The molecule has 3 aromatic rings. The van der Waals surface area contributed by atoms with Crippen LogP contribution in [0.1, 0.15) is 10.4 Å². The van der Waals surface area contributed by atoms with E-state index < -0.39 is 5.97 Å². The Morgan fingerprint density at radius 1 is 1.21 bits per heavy atom. The van der Waals surface area contributed by atoms with Gasteiger partial charge in [0, 0.05) is 16.0 Å². The normalized spacial score (nSPS) is 10.8. The molecule has 2 N–H and O–H groups in total. The molecule has 3 rings (SSSR count). The number of carboxylic acids is 1. The monoisotopic (exact) mass is 272 g/mol. The number of hydrogen-bond acceptors (Lipinski definition) is 2. The highest BCUT2D eigenvalue weighted by Crippen LogP contribution is 2.28. The molecule has 0 radical (unpaired) electrons. The summed E-state index contributed by atoms with van der Waals surface area (Å²) in [7, 11) is 0. The first kappa shape index (κ1) is 11.7. The number of benzene rings is 2. The van der Waals surface area contributed by atoms with E-state index in [1.807, 2.05) is 18.2 Å². The summed E-state index contributed by atoms with van der Waals surface area (Å²) in [6, 6.07) is 12.3. The van der Waals surface area contributed by atoms with Gasteiger partial charge < -0.3 is 5.11 Å². The van der Waals surface area contributed by atoms with Crippen LogP contribution >= 0.6 is 11.6 Å². The van der Waals surface area contributed by atoms with Crippen LogP contribution in [-0.4, -0.2) is 21.3 Å². The Balaban J connectivity index is 2.18. The van der Waals surface area contributed by atoms with Crippen LogP contribution in [0.2, 0.25) is 5.02 Å². The van der Waals surface area contributed by atoms with Gasteiger partial charge in [-0.15, -0.1) is 0 Å². The second kappa shape index (κ2) is 4.40. The molecule has 0 spiro atoms. The molecule has 0 fully saturated rings. The maximum atomic E-state index is 10.9. The van der Waals surface area contributed by atoms with Crippen molar-refractivity contribution < 1.29 is 9.90 Å². The van der Waals surface area contributed by atoms with Gasteiger partial charge in [-0.25, -0.2) is 4.79 Å². The molecule has 0 aliphatic rings. The van der Waals surface area contributed by atoms with Crippen LogP contribution in [0.25, 0.3) is 22.2 Å². The van der Waals surface area contributed by atoms with E-state index in [1.165, 1.54) is 0 Å². The lowest BCUT2D eigenvalue weighted by Crippen LogP contribution is -1.94. The number of aromatic amines is 1. The molecule has 0 amide bonds. The van der Waals surface area contributed by atoms with E-state index in [4.69, 9.17) is 16.7 Å². The van der Waals surface area contributed by atoms with Gasteiger partial charge in [-0.2, -0.15) is 5.10 Å². The lowest BCUT2D eigenvalue weighted by Gasteiger charge is -1.99. The second-order valence-electron chi connectivity index (χ2n) is 4.15. The van der Waals surface area contributed by atoms with Gasteiger partial charge in [0.1, 0.15) is 0 Å². The number of nitrogens with zero attached hydrogens (tertiary/aromatic N) is 1. The number of H-pyrrole nitrogens is 1. The SMILES string of the molecule is O=C(O)c1ccc2c(-c3cccc(Cl)c3)n[nH]c2c1. The molecule has 5 heteroatoms. The zero-order valence-corrected chi connectivity index (χ0v) is 10.5. The summed E-state index contributed by atoms with van der Waals surface area (Å²) in [5, 5.41) is 17.5. The zero-order valence-electron chi connectivity index (χ0n) is 9.72. The van der Waals surface area contributed by atoms with E-state index in [2.05, 4.69) is 10.2 Å². The Kier molecular flexibility index (Phi) is 2.72. The van der Waals surface area contributed by atoms with Crippen LogP contribution in [0.4, 0.5) is 0 Å². The number of carboxylic acid groups (broad SMARTS) is 1. The summed E-state index contributed by atoms with van der Waals surface area (Å²) < 4.78 is 0.